The molecule has 2 aromatic rings. The highest BCUT2D eigenvalue weighted by molar-refractivity contribution is 6.16. The highest BCUT2D eigenvalue weighted by atomic mass is 35.5. The second-order valence-corrected chi connectivity index (χ2v) is 6.27. The molecule has 1 fully saturated rings. The van der Waals surface area contributed by atoms with Gasteiger partial charge >= 0.3 is 5.97 Å². The van der Waals surface area contributed by atoms with E-state index in [4.69, 9.17) is 21.6 Å². The fourth-order valence-corrected chi connectivity index (χ4v) is 3.07. The van der Waals surface area contributed by atoms with Crippen molar-refractivity contribution in [2.45, 2.75) is 38.6 Å². The number of imidazole rings is 1. The van der Waals surface area contributed by atoms with Crippen LogP contribution in [0.2, 0.25) is 0 Å². The summed E-state index contributed by atoms with van der Waals surface area (Å²) in [5, 5.41) is 9.02. The smallest absolute Gasteiger partial charge is 0.338 e. The predicted octanol–water partition coefficient (Wildman–Crippen LogP) is 3.65. The van der Waals surface area contributed by atoms with Gasteiger partial charge in [0.1, 0.15) is 5.82 Å². The van der Waals surface area contributed by atoms with Gasteiger partial charge < -0.3 is 9.30 Å². The van der Waals surface area contributed by atoms with Gasteiger partial charge in [-0.25, -0.2) is 9.78 Å². The lowest BCUT2D eigenvalue weighted by atomic mass is 10.0. The van der Waals surface area contributed by atoms with Crippen molar-refractivity contribution in [3.63, 3.8) is 0 Å². The van der Waals surface area contributed by atoms with Gasteiger partial charge in [-0.15, -0.1) is 11.6 Å². The number of alkyl halides is 1. The highest BCUT2D eigenvalue weighted by Gasteiger charge is 2.43. The number of aromatic nitrogens is 2. The molecule has 6 heteroatoms. The van der Waals surface area contributed by atoms with Crippen LogP contribution in [0.25, 0.3) is 11.0 Å². The maximum Gasteiger partial charge on any atom is 0.338 e. The van der Waals surface area contributed by atoms with Crippen molar-refractivity contribution in [2.75, 3.05) is 6.61 Å². The van der Waals surface area contributed by atoms with Crippen LogP contribution in [0.4, 0.5) is 0 Å². The second-order valence-electron chi connectivity index (χ2n) is 6.01. The van der Waals surface area contributed by atoms with Crippen molar-refractivity contribution >= 4 is 28.6 Å². The van der Waals surface area contributed by atoms with Gasteiger partial charge in [-0.2, -0.15) is 5.26 Å². The molecule has 1 aromatic heterocycles. The summed E-state index contributed by atoms with van der Waals surface area (Å²) in [6.07, 6.45) is 2.62. The molecule has 3 rings (SSSR count). The number of fused-ring (bicyclic) bond motifs is 1. The first-order valence-electron chi connectivity index (χ1n) is 7.71. The Labute approximate surface area is 139 Å². The molecule has 0 aliphatic heterocycles. The third-order valence-electron chi connectivity index (χ3n) is 4.36. The fraction of sp³-hybridized carbons (Fsp3) is 0.471. The van der Waals surface area contributed by atoms with Gasteiger partial charge in [-0.1, -0.05) is 0 Å². The number of ether oxygens (including phenoxy) is 1. The van der Waals surface area contributed by atoms with Gasteiger partial charge in [-0.05, 0) is 38.0 Å². The summed E-state index contributed by atoms with van der Waals surface area (Å²) in [6.45, 7) is 2.84. The van der Waals surface area contributed by atoms with Gasteiger partial charge in [0.25, 0.3) is 0 Å². The molecule has 0 atom stereocenters. The lowest BCUT2D eigenvalue weighted by molar-refractivity contribution is 0.0526. The third kappa shape index (κ3) is 3.04. The summed E-state index contributed by atoms with van der Waals surface area (Å²) in [5.74, 6) is 0.728. The standard InChI is InChI=1S/C17H18ClN3O2/c1-2-23-16(22)12-3-4-13-14(9-12)21(15(10-18)20-13)11-17(5-6-17)7-8-19/h3-4,9H,2,5-7,10-11H2,1H3. The quantitative estimate of drug-likeness (QED) is 0.598. The molecular weight excluding hydrogens is 314 g/mol. The number of nitrogens with zero attached hydrogens (tertiary/aromatic N) is 3. The van der Waals surface area contributed by atoms with Crippen LogP contribution >= 0.6 is 11.6 Å². The largest absolute Gasteiger partial charge is 0.462 e. The maximum absolute atomic E-state index is 12.0. The number of carbonyl (C=O) groups is 1. The second kappa shape index (κ2) is 6.21. The van der Waals surface area contributed by atoms with E-state index in [-0.39, 0.29) is 11.4 Å². The lowest BCUT2D eigenvalue weighted by Crippen LogP contribution is -2.13. The van der Waals surface area contributed by atoms with Gasteiger partial charge in [0.2, 0.25) is 0 Å². The van der Waals surface area contributed by atoms with Crippen LogP contribution in [-0.4, -0.2) is 22.1 Å². The molecular formula is C17H18ClN3O2. The number of esters is 1. The van der Waals surface area contributed by atoms with E-state index in [1.54, 1.807) is 19.1 Å². The van der Waals surface area contributed by atoms with Crippen LogP contribution < -0.4 is 0 Å². The fourth-order valence-electron chi connectivity index (χ4n) is 2.86. The zero-order valence-corrected chi connectivity index (χ0v) is 13.8. The Hall–Kier alpha value is -2.06. The minimum absolute atomic E-state index is 0.0309. The first-order chi connectivity index (χ1) is 11.1. The molecule has 23 heavy (non-hydrogen) atoms. The van der Waals surface area contributed by atoms with Crippen molar-refractivity contribution in [3.8, 4) is 6.07 Å². The molecule has 1 aromatic carbocycles. The Balaban J connectivity index is 2.02. The summed E-state index contributed by atoms with van der Waals surface area (Å²) in [6, 6.07) is 7.62. The molecule has 120 valence electrons. The van der Waals surface area contributed by atoms with E-state index in [9.17, 15) is 4.79 Å². The number of hydrogen-bond donors (Lipinski definition) is 0. The zero-order valence-electron chi connectivity index (χ0n) is 13.0. The Morgan fingerprint density at radius 2 is 2.30 bits per heavy atom. The molecule has 0 bridgehead atoms. The zero-order chi connectivity index (χ0) is 16.4. The van der Waals surface area contributed by atoms with Crippen LogP contribution in [-0.2, 0) is 17.2 Å². The molecule has 0 amide bonds. The topological polar surface area (TPSA) is 67.9 Å². The molecule has 1 aliphatic rings. The number of benzene rings is 1. The molecule has 0 spiro atoms. The number of carbonyl (C=O) groups excluding carboxylic acids is 1. The number of hydrogen-bond acceptors (Lipinski definition) is 4. The van der Waals surface area contributed by atoms with Gasteiger partial charge in [-0.3, -0.25) is 0 Å². The van der Waals surface area contributed by atoms with Crippen LogP contribution in [0, 0.1) is 16.7 Å². The van der Waals surface area contributed by atoms with Crippen molar-refractivity contribution in [1.29, 1.82) is 5.26 Å². The summed E-state index contributed by atoms with van der Waals surface area (Å²) in [4.78, 5) is 16.5. The van der Waals surface area contributed by atoms with E-state index < -0.39 is 0 Å². The summed E-state index contributed by atoms with van der Waals surface area (Å²) >= 11 is 6.04. The summed E-state index contributed by atoms with van der Waals surface area (Å²) < 4.78 is 7.11. The number of nitriles is 1. The van der Waals surface area contributed by atoms with Crippen molar-refractivity contribution in [2.24, 2.45) is 5.41 Å². The monoisotopic (exact) mass is 331 g/mol. The lowest BCUT2D eigenvalue weighted by Gasteiger charge is -2.15. The third-order valence-corrected chi connectivity index (χ3v) is 4.60. The minimum Gasteiger partial charge on any atom is -0.462 e. The normalized spacial score (nSPS) is 15.3. The first-order valence-corrected chi connectivity index (χ1v) is 8.25. The highest BCUT2D eigenvalue weighted by Crippen LogP contribution is 2.50. The van der Waals surface area contributed by atoms with E-state index >= 15 is 0 Å². The Morgan fingerprint density at radius 1 is 1.52 bits per heavy atom. The van der Waals surface area contributed by atoms with E-state index in [2.05, 4.69) is 15.6 Å². The van der Waals surface area contributed by atoms with Crippen molar-refractivity contribution < 1.29 is 9.53 Å². The Bertz CT molecular complexity index is 787. The molecule has 1 saturated carbocycles. The van der Waals surface area contributed by atoms with E-state index in [1.807, 2.05) is 6.07 Å². The van der Waals surface area contributed by atoms with Crippen LogP contribution in [0.1, 0.15) is 42.4 Å². The van der Waals surface area contributed by atoms with Gasteiger partial charge in [0, 0.05) is 18.4 Å². The van der Waals surface area contributed by atoms with E-state index in [1.165, 1.54) is 0 Å². The van der Waals surface area contributed by atoms with Crippen LogP contribution in [0.5, 0.6) is 0 Å². The van der Waals surface area contributed by atoms with E-state index in [0.29, 0.717) is 31.0 Å². The van der Waals surface area contributed by atoms with E-state index in [0.717, 1.165) is 29.7 Å². The minimum atomic E-state index is -0.340. The number of rotatable bonds is 6. The number of halogens is 1. The maximum atomic E-state index is 12.0. The predicted molar refractivity (Wildman–Crippen MR) is 87.1 cm³/mol. The van der Waals surface area contributed by atoms with Crippen LogP contribution in [0.15, 0.2) is 18.2 Å². The molecule has 0 N–H and O–H groups in total. The molecule has 0 radical (unpaired) electrons. The van der Waals surface area contributed by atoms with Crippen LogP contribution in [0.3, 0.4) is 0 Å². The van der Waals surface area contributed by atoms with Gasteiger partial charge in [0.05, 0.1) is 35.2 Å². The first kappa shape index (κ1) is 15.8. The average molecular weight is 332 g/mol. The summed E-state index contributed by atoms with van der Waals surface area (Å²) in [5.41, 5.74) is 2.21. The van der Waals surface area contributed by atoms with Crippen molar-refractivity contribution in [3.05, 3.63) is 29.6 Å². The SMILES string of the molecule is CCOC(=O)c1ccc2nc(CCl)n(CC3(CC#N)CC3)c2c1. The summed E-state index contributed by atoms with van der Waals surface area (Å²) in [7, 11) is 0. The molecule has 1 aliphatic carbocycles. The van der Waals surface area contributed by atoms with Crippen molar-refractivity contribution in [1.82, 2.24) is 9.55 Å². The van der Waals surface area contributed by atoms with Gasteiger partial charge in [0.15, 0.2) is 0 Å². The average Bonchev–Trinajstić information content (AvgIpc) is 3.22. The Morgan fingerprint density at radius 3 is 2.91 bits per heavy atom. The molecule has 0 saturated heterocycles. The molecule has 1 heterocycles. The molecule has 0 unspecified atom stereocenters. The Kier molecular flexibility index (Phi) is 4.27. The molecule has 5 nitrogen and oxygen atoms in total.